The first-order chi connectivity index (χ1) is 15.5. The lowest BCUT2D eigenvalue weighted by Gasteiger charge is -2.16. The molecule has 1 aliphatic heterocycles. The van der Waals surface area contributed by atoms with E-state index in [1.165, 1.54) is 11.8 Å². The first-order valence-corrected chi connectivity index (χ1v) is 11.8. The molecule has 1 atom stereocenters. The Hall–Kier alpha value is -2.54. The number of methoxy groups -OCH3 is 1. The van der Waals surface area contributed by atoms with Gasteiger partial charge in [-0.15, -0.1) is 0 Å². The topological polar surface area (TPSA) is 38.8 Å². The molecule has 1 fully saturated rings. The molecular formula is C25H22ClNO3S2. The lowest BCUT2D eigenvalue weighted by atomic mass is 10.1. The van der Waals surface area contributed by atoms with Crippen LogP contribution >= 0.6 is 35.6 Å². The van der Waals surface area contributed by atoms with Gasteiger partial charge in [0.15, 0.2) is 0 Å². The Morgan fingerprint density at radius 3 is 2.31 bits per heavy atom. The molecule has 164 valence electrons. The molecule has 1 saturated heterocycles. The number of thioether (sulfide) groups is 1. The Morgan fingerprint density at radius 2 is 1.62 bits per heavy atom. The van der Waals surface area contributed by atoms with Gasteiger partial charge in [-0.05, 0) is 47.9 Å². The lowest BCUT2D eigenvalue weighted by molar-refractivity contribution is -0.126. The number of hydrogen-bond donors (Lipinski definition) is 0. The van der Waals surface area contributed by atoms with Crippen molar-refractivity contribution in [1.29, 1.82) is 0 Å². The minimum Gasteiger partial charge on any atom is -0.497 e. The number of hydrogen-bond acceptors (Lipinski definition) is 5. The summed E-state index contributed by atoms with van der Waals surface area (Å²) in [5.74, 6) is 1.60. The van der Waals surface area contributed by atoms with Crippen LogP contribution in [0.4, 0.5) is 0 Å². The molecule has 7 heteroatoms. The third-order valence-electron chi connectivity index (χ3n) is 5.20. The number of carbonyl (C=O) groups is 1. The van der Waals surface area contributed by atoms with Crippen LogP contribution < -0.4 is 9.47 Å². The summed E-state index contributed by atoms with van der Waals surface area (Å²) in [5, 5.41) is 0.478. The fourth-order valence-corrected chi connectivity index (χ4v) is 5.12. The van der Waals surface area contributed by atoms with Crippen LogP contribution in [-0.2, 0) is 24.4 Å². The van der Waals surface area contributed by atoms with E-state index in [9.17, 15) is 4.79 Å². The summed E-state index contributed by atoms with van der Waals surface area (Å²) in [6.07, 6.45) is 0.619. The van der Waals surface area contributed by atoms with Crippen LogP contribution in [0.5, 0.6) is 11.5 Å². The number of nitrogens with zero attached hydrogens (tertiary/aromatic N) is 1. The Labute approximate surface area is 202 Å². The maximum absolute atomic E-state index is 13.0. The molecule has 0 aromatic heterocycles. The average Bonchev–Trinajstić information content (AvgIpc) is 3.07. The van der Waals surface area contributed by atoms with E-state index in [0.717, 1.165) is 28.2 Å². The van der Waals surface area contributed by atoms with E-state index < -0.39 is 0 Å². The maximum atomic E-state index is 13.0. The summed E-state index contributed by atoms with van der Waals surface area (Å²) in [6, 6.07) is 23.1. The van der Waals surface area contributed by atoms with Crippen LogP contribution in [0.1, 0.15) is 16.7 Å². The smallest absolute Gasteiger partial charge is 0.242 e. The van der Waals surface area contributed by atoms with Gasteiger partial charge in [-0.3, -0.25) is 9.69 Å². The van der Waals surface area contributed by atoms with Crippen molar-refractivity contribution in [2.75, 3.05) is 7.11 Å². The van der Waals surface area contributed by atoms with Crippen LogP contribution in [0.2, 0.25) is 5.02 Å². The van der Waals surface area contributed by atoms with E-state index >= 15 is 0 Å². The summed E-state index contributed by atoms with van der Waals surface area (Å²) >= 11 is 13.1. The number of carbonyl (C=O) groups excluding carboxylic acids is 1. The third-order valence-corrected chi connectivity index (χ3v) is 7.15. The number of halogens is 1. The lowest BCUT2D eigenvalue weighted by Crippen LogP contribution is -2.31. The Morgan fingerprint density at radius 1 is 0.969 bits per heavy atom. The molecule has 3 aromatic rings. The van der Waals surface area contributed by atoms with Crippen LogP contribution in [0.3, 0.4) is 0 Å². The van der Waals surface area contributed by atoms with Gasteiger partial charge in [0.25, 0.3) is 0 Å². The zero-order valence-electron chi connectivity index (χ0n) is 17.5. The second-order valence-electron chi connectivity index (χ2n) is 7.37. The zero-order valence-corrected chi connectivity index (χ0v) is 19.9. The molecule has 3 aromatic carbocycles. The maximum Gasteiger partial charge on any atom is 0.242 e. The summed E-state index contributed by atoms with van der Waals surface area (Å²) in [6.45, 7) is 0.880. The number of amides is 1. The SMILES string of the molecule is COc1ccc(CN2C(=O)[C@H](Cc3ccc(OCc4ccccc4Cl)cc3)SC2=S)cc1. The molecule has 4 rings (SSSR count). The van der Waals surface area contributed by atoms with Gasteiger partial charge >= 0.3 is 0 Å². The van der Waals surface area contributed by atoms with Crippen molar-refractivity contribution in [3.8, 4) is 11.5 Å². The van der Waals surface area contributed by atoms with Gasteiger partial charge in [0.1, 0.15) is 22.4 Å². The van der Waals surface area contributed by atoms with Crippen LogP contribution in [0.25, 0.3) is 0 Å². The van der Waals surface area contributed by atoms with Gasteiger partial charge in [0, 0.05) is 10.6 Å². The summed E-state index contributed by atoms with van der Waals surface area (Å²) in [4.78, 5) is 14.6. The normalized spacial score (nSPS) is 15.8. The highest BCUT2D eigenvalue weighted by molar-refractivity contribution is 8.24. The van der Waals surface area contributed by atoms with Gasteiger partial charge in [-0.25, -0.2) is 0 Å². The van der Waals surface area contributed by atoms with Gasteiger partial charge in [0.2, 0.25) is 5.91 Å². The van der Waals surface area contributed by atoms with E-state index in [1.807, 2.05) is 72.8 Å². The molecule has 1 heterocycles. The first-order valence-electron chi connectivity index (χ1n) is 10.1. The summed E-state index contributed by atoms with van der Waals surface area (Å²) in [7, 11) is 1.63. The molecule has 0 spiro atoms. The standard InChI is InChI=1S/C25H22ClNO3S2/c1-29-20-10-8-18(9-11-20)15-27-24(28)23(32-25(27)31)14-17-6-12-21(13-7-17)30-16-19-4-2-3-5-22(19)26/h2-13,23H,14-16H2,1H3/t23-/m0/s1. The van der Waals surface area contributed by atoms with Crippen molar-refractivity contribution < 1.29 is 14.3 Å². The number of ether oxygens (including phenoxy) is 2. The molecule has 0 aliphatic carbocycles. The number of benzene rings is 3. The predicted octanol–water partition coefficient (Wildman–Crippen LogP) is 5.90. The largest absolute Gasteiger partial charge is 0.497 e. The molecule has 0 bridgehead atoms. The zero-order chi connectivity index (χ0) is 22.5. The van der Waals surface area contributed by atoms with Crippen molar-refractivity contribution in [2.24, 2.45) is 0 Å². The quantitative estimate of drug-likeness (QED) is 0.373. The van der Waals surface area contributed by atoms with Crippen molar-refractivity contribution in [1.82, 2.24) is 4.90 Å². The van der Waals surface area contributed by atoms with Gasteiger partial charge < -0.3 is 9.47 Å². The molecule has 32 heavy (non-hydrogen) atoms. The van der Waals surface area contributed by atoms with Crippen molar-refractivity contribution >= 4 is 45.8 Å². The van der Waals surface area contributed by atoms with Crippen molar-refractivity contribution in [3.05, 3.63) is 94.5 Å². The third kappa shape index (κ3) is 5.44. The Bertz CT molecular complexity index is 1100. The molecular weight excluding hydrogens is 462 g/mol. The second-order valence-corrected chi connectivity index (χ2v) is 9.62. The van der Waals surface area contributed by atoms with E-state index in [0.29, 0.717) is 28.9 Å². The highest BCUT2D eigenvalue weighted by Gasteiger charge is 2.36. The second kappa shape index (κ2) is 10.4. The van der Waals surface area contributed by atoms with Crippen LogP contribution in [-0.4, -0.2) is 27.5 Å². The predicted molar refractivity (Wildman–Crippen MR) is 133 cm³/mol. The molecule has 0 radical (unpaired) electrons. The number of thiocarbonyl (C=S) groups is 1. The highest BCUT2D eigenvalue weighted by atomic mass is 35.5. The molecule has 4 nitrogen and oxygen atoms in total. The highest BCUT2D eigenvalue weighted by Crippen LogP contribution is 2.32. The van der Waals surface area contributed by atoms with E-state index in [4.69, 9.17) is 33.3 Å². The van der Waals surface area contributed by atoms with Gasteiger partial charge in [-0.2, -0.15) is 0 Å². The van der Waals surface area contributed by atoms with Crippen LogP contribution in [0.15, 0.2) is 72.8 Å². The fourth-order valence-electron chi connectivity index (χ4n) is 3.40. The summed E-state index contributed by atoms with van der Waals surface area (Å²) in [5.41, 5.74) is 3.02. The van der Waals surface area contributed by atoms with Crippen molar-refractivity contribution in [2.45, 2.75) is 24.8 Å². The number of rotatable bonds is 8. The monoisotopic (exact) mass is 483 g/mol. The van der Waals surface area contributed by atoms with E-state index in [1.54, 1.807) is 12.0 Å². The summed E-state index contributed by atoms with van der Waals surface area (Å²) < 4.78 is 11.7. The molecule has 0 unspecified atom stereocenters. The Balaban J connectivity index is 1.34. The molecule has 1 aliphatic rings. The van der Waals surface area contributed by atoms with Gasteiger partial charge in [0.05, 0.1) is 18.9 Å². The van der Waals surface area contributed by atoms with E-state index in [-0.39, 0.29) is 11.2 Å². The fraction of sp³-hybridized carbons (Fsp3) is 0.200. The van der Waals surface area contributed by atoms with Crippen molar-refractivity contribution in [3.63, 3.8) is 0 Å². The van der Waals surface area contributed by atoms with Gasteiger partial charge in [-0.1, -0.05) is 78.0 Å². The molecule has 1 amide bonds. The molecule has 0 N–H and O–H groups in total. The average molecular weight is 484 g/mol. The van der Waals surface area contributed by atoms with Crippen LogP contribution in [0, 0.1) is 0 Å². The minimum absolute atomic E-state index is 0.0508. The first kappa shape index (κ1) is 22.6. The molecule has 0 saturated carbocycles. The Kier molecular flexibility index (Phi) is 7.35. The van der Waals surface area contributed by atoms with E-state index in [2.05, 4.69) is 0 Å². The minimum atomic E-state index is -0.212.